The van der Waals surface area contributed by atoms with E-state index in [0.29, 0.717) is 0 Å². The summed E-state index contributed by atoms with van der Waals surface area (Å²) in [4.78, 5) is 0. The first-order chi connectivity index (χ1) is 8.24. The molecule has 0 saturated heterocycles. The highest BCUT2D eigenvalue weighted by molar-refractivity contribution is 6.31. The van der Waals surface area contributed by atoms with Crippen LogP contribution < -0.4 is 0 Å². The van der Waals surface area contributed by atoms with Crippen molar-refractivity contribution >= 4 is 22.6 Å². The Morgan fingerprint density at radius 2 is 1.82 bits per heavy atom. The minimum atomic E-state index is 0.731. The highest BCUT2D eigenvalue weighted by Crippen LogP contribution is 2.30. The average molecular weight is 243 g/mol. The second-order valence-corrected chi connectivity index (χ2v) is 4.54. The van der Waals surface area contributed by atoms with E-state index in [1.165, 1.54) is 5.56 Å². The van der Waals surface area contributed by atoms with Crippen LogP contribution in [0.5, 0.6) is 0 Å². The van der Waals surface area contributed by atoms with Crippen LogP contribution in [-0.2, 0) is 0 Å². The van der Waals surface area contributed by atoms with Crippen LogP contribution in [0.15, 0.2) is 52.9 Å². The average Bonchev–Trinajstić information content (AvgIpc) is 2.72. The molecule has 0 N–H and O–H groups in total. The van der Waals surface area contributed by atoms with Crippen LogP contribution in [-0.4, -0.2) is 0 Å². The number of furan rings is 1. The molecule has 84 valence electrons. The Hall–Kier alpha value is -1.73. The Morgan fingerprint density at radius 1 is 1.00 bits per heavy atom. The van der Waals surface area contributed by atoms with Crippen molar-refractivity contribution in [2.45, 2.75) is 6.92 Å². The molecule has 0 aliphatic heterocycles. The summed E-state index contributed by atoms with van der Waals surface area (Å²) in [6.45, 7) is 2.08. The Morgan fingerprint density at radius 3 is 2.65 bits per heavy atom. The van der Waals surface area contributed by atoms with E-state index in [9.17, 15) is 0 Å². The van der Waals surface area contributed by atoms with Gasteiger partial charge in [-0.15, -0.1) is 0 Å². The lowest BCUT2D eigenvalue weighted by Gasteiger charge is -2.00. The number of aryl methyl sites for hydroxylation is 1. The zero-order chi connectivity index (χ0) is 11.8. The fraction of sp³-hybridized carbons (Fsp3) is 0.0667. The molecular weight excluding hydrogens is 232 g/mol. The summed E-state index contributed by atoms with van der Waals surface area (Å²) >= 11 is 5.96. The van der Waals surface area contributed by atoms with Gasteiger partial charge in [0.2, 0.25) is 0 Å². The first-order valence-corrected chi connectivity index (χ1v) is 5.87. The molecular formula is C15H11ClO. The third-order valence-corrected chi connectivity index (χ3v) is 3.12. The van der Waals surface area contributed by atoms with Crippen LogP contribution >= 0.6 is 11.6 Å². The van der Waals surface area contributed by atoms with E-state index in [4.69, 9.17) is 16.0 Å². The van der Waals surface area contributed by atoms with Crippen LogP contribution in [0.1, 0.15) is 5.56 Å². The van der Waals surface area contributed by atoms with Crippen LogP contribution in [0.2, 0.25) is 5.02 Å². The predicted molar refractivity (Wildman–Crippen MR) is 71.4 cm³/mol. The minimum Gasteiger partial charge on any atom is -0.456 e. The second-order valence-electron chi connectivity index (χ2n) is 4.11. The molecule has 0 atom stereocenters. The normalized spacial score (nSPS) is 10.9. The highest BCUT2D eigenvalue weighted by Gasteiger charge is 2.08. The lowest BCUT2D eigenvalue weighted by molar-refractivity contribution is 0.631. The maximum Gasteiger partial charge on any atom is 0.135 e. The summed E-state index contributed by atoms with van der Waals surface area (Å²) in [6.07, 6.45) is 0. The Balaban J connectivity index is 2.22. The maximum absolute atomic E-state index is 5.96. The summed E-state index contributed by atoms with van der Waals surface area (Å²) < 4.78 is 5.83. The van der Waals surface area contributed by atoms with Gasteiger partial charge in [-0.1, -0.05) is 35.9 Å². The molecule has 0 unspecified atom stereocenters. The van der Waals surface area contributed by atoms with Crippen molar-refractivity contribution in [3.8, 4) is 11.3 Å². The van der Waals surface area contributed by atoms with Gasteiger partial charge in [0.25, 0.3) is 0 Å². The van der Waals surface area contributed by atoms with Crippen molar-refractivity contribution < 1.29 is 4.42 Å². The summed E-state index contributed by atoms with van der Waals surface area (Å²) in [5, 5.41) is 1.77. The summed E-state index contributed by atoms with van der Waals surface area (Å²) in [7, 11) is 0. The Bertz CT molecular complexity index is 682. The molecule has 17 heavy (non-hydrogen) atoms. The molecule has 3 aromatic rings. The molecule has 0 spiro atoms. The summed E-state index contributed by atoms with van der Waals surface area (Å²) in [5.41, 5.74) is 3.20. The van der Waals surface area contributed by atoms with Crippen molar-refractivity contribution in [2.24, 2.45) is 0 Å². The monoisotopic (exact) mass is 242 g/mol. The van der Waals surface area contributed by atoms with Gasteiger partial charge in [-0.05, 0) is 36.8 Å². The van der Waals surface area contributed by atoms with Gasteiger partial charge in [-0.25, -0.2) is 0 Å². The topological polar surface area (TPSA) is 13.1 Å². The lowest BCUT2D eigenvalue weighted by atomic mass is 10.1. The highest BCUT2D eigenvalue weighted by atomic mass is 35.5. The Labute approximate surface area is 105 Å². The molecule has 1 heterocycles. The summed E-state index contributed by atoms with van der Waals surface area (Å²) in [6, 6.07) is 15.9. The van der Waals surface area contributed by atoms with Gasteiger partial charge in [-0.3, -0.25) is 0 Å². The third kappa shape index (κ3) is 1.83. The van der Waals surface area contributed by atoms with Crippen LogP contribution in [0.25, 0.3) is 22.3 Å². The fourth-order valence-electron chi connectivity index (χ4n) is 2.00. The van der Waals surface area contributed by atoms with Crippen molar-refractivity contribution in [2.75, 3.05) is 0 Å². The van der Waals surface area contributed by atoms with Gasteiger partial charge < -0.3 is 4.42 Å². The van der Waals surface area contributed by atoms with Gasteiger partial charge in [0.05, 0.1) is 0 Å². The van der Waals surface area contributed by atoms with E-state index in [1.54, 1.807) is 0 Å². The fourth-order valence-corrected chi connectivity index (χ4v) is 2.18. The van der Waals surface area contributed by atoms with E-state index in [-0.39, 0.29) is 0 Å². The molecule has 0 radical (unpaired) electrons. The van der Waals surface area contributed by atoms with E-state index >= 15 is 0 Å². The molecule has 2 aromatic carbocycles. The maximum atomic E-state index is 5.96. The molecule has 0 aliphatic rings. The van der Waals surface area contributed by atoms with Crippen LogP contribution in [0.4, 0.5) is 0 Å². The third-order valence-electron chi connectivity index (χ3n) is 2.89. The number of rotatable bonds is 1. The number of fused-ring (bicyclic) bond motifs is 1. The minimum absolute atomic E-state index is 0.731. The first kappa shape index (κ1) is 10.4. The molecule has 1 aromatic heterocycles. The quantitative estimate of drug-likeness (QED) is 0.581. The largest absolute Gasteiger partial charge is 0.456 e. The van der Waals surface area contributed by atoms with E-state index in [2.05, 4.69) is 19.1 Å². The second kappa shape index (κ2) is 3.94. The number of benzene rings is 2. The SMILES string of the molecule is Cc1ccccc1-c1cc2cc(Cl)ccc2o1. The molecule has 0 bridgehead atoms. The van der Waals surface area contributed by atoms with Crippen molar-refractivity contribution in [1.82, 2.24) is 0 Å². The van der Waals surface area contributed by atoms with Crippen molar-refractivity contribution in [1.29, 1.82) is 0 Å². The van der Waals surface area contributed by atoms with E-state index < -0.39 is 0 Å². The molecule has 0 saturated carbocycles. The van der Waals surface area contributed by atoms with Gasteiger partial charge in [0, 0.05) is 16.0 Å². The van der Waals surface area contributed by atoms with Gasteiger partial charge in [0.15, 0.2) is 0 Å². The number of hydrogen-bond donors (Lipinski definition) is 0. The van der Waals surface area contributed by atoms with E-state index in [0.717, 1.165) is 27.3 Å². The van der Waals surface area contributed by atoms with Crippen LogP contribution in [0, 0.1) is 6.92 Å². The van der Waals surface area contributed by atoms with Gasteiger partial charge >= 0.3 is 0 Å². The molecule has 0 fully saturated rings. The van der Waals surface area contributed by atoms with Crippen molar-refractivity contribution in [3.05, 3.63) is 59.1 Å². The smallest absolute Gasteiger partial charge is 0.135 e. The molecule has 0 amide bonds. The van der Waals surface area contributed by atoms with Gasteiger partial charge in [0.1, 0.15) is 11.3 Å². The molecule has 2 heteroatoms. The number of hydrogen-bond acceptors (Lipinski definition) is 1. The van der Waals surface area contributed by atoms with Crippen molar-refractivity contribution in [3.63, 3.8) is 0 Å². The zero-order valence-electron chi connectivity index (χ0n) is 9.41. The molecule has 3 rings (SSSR count). The summed E-state index contributed by atoms with van der Waals surface area (Å²) in [5.74, 6) is 0.889. The Kier molecular flexibility index (Phi) is 2.41. The molecule has 1 nitrogen and oxygen atoms in total. The van der Waals surface area contributed by atoms with Gasteiger partial charge in [-0.2, -0.15) is 0 Å². The van der Waals surface area contributed by atoms with E-state index in [1.807, 2.05) is 36.4 Å². The standard InChI is InChI=1S/C15H11ClO/c1-10-4-2-3-5-13(10)15-9-11-8-12(16)6-7-14(11)17-15/h2-9H,1H3. The lowest BCUT2D eigenvalue weighted by Crippen LogP contribution is -1.78. The predicted octanol–water partition coefficient (Wildman–Crippen LogP) is 5.06. The molecule has 0 aliphatic carbocycles. The van der Waals surface area contributed by atoms with Crippen LogP contribution in [0.3, 0.4) is 0 Å². The first-order valence-electron chi connectivity index (χ1n) is 5.49. The zero-order valence-corrected chi connectivity index (χ0v) is 10.2. The number of halogens is 1.